The van der Waals surface area contributed by atoms with Crippen molar-refractivity contribution in [2.75, 3.05) is 11.9 Å². The lowest BCUT2D eigenvalue weighted by atomic mass is 10.0. The maximum absolute atomic E-state index is 13.0. The van der Waals surface area contributed by atoms with Crippen LogP contribution in [0.15, 0.2) is 60.8 Å². The minimum Gasteiger partial charge on any atom is -0.361 e. The Bertz CT molecular complexity index is 1090. The molecular weight excluding hydrogens is 396 g/mol. The van der Waals surface area contributed by atoms with Crippen LogP contribution in [0.4, 0.5) is 5.69 Å². The van der Waals surface area contributed by atoms with E-state index in [1.165, 1.54) is 0 Å². The molecule has 0 spiro atoms. The molecule has 2 heterocycles. The molecule has 0 aliphatic carbocycles. The Hall–Kier alpha value is -3.19. The lowest BCUT2D eigenvalue weighted by molar-refractivity contribution is -0.130. The molecule has 30 heavy (non-hydrogen) atoms. The zero-order valence-corrected chi connectivity index (χ0v) is 17.8. The molecule has 2 amide bonds. The highest BCUT2D eigenvalue weighted by Crippen LogP contribution is 2.31. The van der Waals surface area contributed by atoms with Gasteiger partial charge in [0.25, 0.3) is 5.91 Å². The molecule has 2 aromatic carbocycles. The van der Waals surface area contributed by atoms with Crippen molar-refractivity contribution in [1.29, 1.82) is 0 Å². The van der Waals surface area contributed by atoms with Gasteiger partial charge in [-0.1, -0.05) is 36.4 Å². The van der Waals surface area contributed by atoms with E-state index in [9.17, 15) is 9.59 Å². The van der Waals surface area contributed by atoms with E-state index in [1.807, 2.05) is 79.5 Å². The summed E-state index contributed by atoms with van der Waals surface area (Å²) >= 11 is 5.61. The molecule has 1 aliphatic rings. The van der Waals surface area contributed by atoms with Crippen molar-refractivity contribution in [3.63, 3.8) is 0 Å². The summed E-state index contributed by atoms with van der Waals surface area (Å²) in [4.78, 5) is 32.5. The van der Waals surface area contributed by atoms with Gasteiger partial charge in [0, 0.05) is 23.9 Å². The van der Waals surface area contributed by atoms with Crippen molar-refractivity contribution in [1.82, 2.24) is 14.8 Å². The molecule has 1 saturated heterocycles. The Kier molecular flexibility index (Phi) is 5.55. The highest BCUT2D eigenvalue weighted by Gasteiger charge is 2.44. The van der Waals surface area contributed by atoms with Gasteiger partial charge in [-0.15, -0.1) is 0 Å². The molecule has 1 fully saturated rings. The van der Waals surface area contributed by atoms with Gasteiger partial charge in [0.2, 0.25) is 5.91 Å². The molecule has 0 radical (unpaired) electrons. The maximum Gasteiger partial charge on any atom is 0.252 e. The molecular formula is C23H24N4O2S. The molecule has 2 N–H and O–H groups in total. The number of likely N-dealkylation sites (N-methyl/N-ethyl adjacent to an activating group) is 1. The molecule has 2 unspecified atom stereocenters. The van der Waals surface area contributed by atoms with Crippen LogP contribution >= 0.6 is 12.2 Å². The summed E-state index contributed by atoms with van der Waals surface area (Å²) in [5.74, 6) is -0.342. The molecule has 154 valence electrons. The number of fused-ring (bicyclic) bond motifs is 1. The highest BCUT2D eigenvalue weighted by molar-refractivity contribution is 7.80. The Labute approximate surface area is 180 Å². The number of aromatic nitrogens is 1. The van der Waals surface area contributed by atoms with Crippen LogP contribution in [0.1, 0.15) is 31.9 Å². The minimum absolute atomic E-state index is 0.0371. The van der Waals surface area contributed by atoms with Gasteiger partial charge in [-0.25, -0.2) is 0 Å². The number of hydrogen-bond donors (Lipinski definition) is 2. The summed E-state index contributed by atoms with van der Waals surface area (Å²) in [6.45, 7) is 4.39. The van der Waals surface area contributed by atoms with Gasteiger partial charge in [0.1, 0.15) is 6.04 Å². The number of rotatable bonds is 6. The largest absolute Gasteiger partial charge is 0.361 e. The standard InChI is InChI=1S/C23H24N4O2S/c1-3-26-22(29)20(27(23(26)30)15(2)16-7-5-4-6-8-16)14-21(28)25-18-10-9-17-11-12-24-19(17)13-18/h4-13,15,20,24H,3,14H2,1-2H3,(H,25,28). The zero-order chi connectivity index (χ0) is 21.3. The number of aromatic amines is 1. The Morgan fingerprint density at radius 1 is 1.20 bits per heavy atom. The molecule has 4 rings (SSSR count). The van der Waals surface area contributed by atoms with E-state index in [4.69, 9.17) is 12.2 Å². The van der Waals surface area contributed by atoms with Gasteiger partial charge < -0.3 is 15.2 Å². The predicted octanol–water partition coefficient (Wildman–Crippen LogP) is 4.08. The maximum atomic E-state index is 13.0. The fraction of sp³-hybridized carbons (Fsp3) is 0.261. The van der Waals surface area contributed by atoms with Gasteiger partial charge in [0.05, 0.1) is 12.5 Å². The van der Waals surface area contributed by atoms with Gasteiger partial charge in [0.15, 0.2) is 5.11 Å². The van der Waals surface area contributed by atoms with E-state index in [2.05, 4.69) is 10.3 Å². The Morgan fingerprint density at radius 3 is 2.70 bits per heavy atom. The second-order valence-corrected chi connectivity index (χ2v) is 7.77. The number of nitrogens with one attached hydrogen (secondary N) is 2. The predicted molar refractivity (Wildman–Crippen MR) is 122 cm³/mol. The average Bonchev–Trinajstić information content (AvgIpc) is 3.30. The van der Waals surface area contributed by atoms with Crippen molar-refractivity contribution >= 4 is 45.7 Å². The third kappa shape index (κ3) is 3.68. The smallest absolute Gasteiger partial charge is 0.252 e. The van der Waals surface area contributed by atoms with E-state index in [0.29, 0.717) is 17.3 Å². The van der Waals surface area contributed by atoms with E-state index in [0.717, 1.165) is 16.5 Å². The van der Waals surface area contributed by atoms with E-state index in [-0.39, 0.29) is 24.3 Å². The van der Waals surface area contributed by atoms with Crippen LogP contribution in [-0.4, -0.2) is 44.3 Å². The van der Waals surface area contributed by atoms with Crippen LogP contribution < -0.4 is 5.32 Å². The van der Waals surface area contributed by atoms with Crippen molar-refractivity contribution in [2.45, 2.75) is 32.4 Å². The quantitative estimate of drug-likeness (QED) is 0.590. The molecule has 1 aromatic heterocycles. The first-order chi connectivity index (χ1) is 14.5. The molecule has 0 bridgehead atoms. The van der Waals surface area contributed by atoms with E-state index < -0.39 is 6.04 Å². The van der Waals surface area contributed by atoms with Gasteiger partial charge >= 0.3 is 0 Å². The van der Waals surface area contributed by atoms with Crippen LogP contribution in [0.2, 0.25) is 0 Å². The van der Waals surface area contributed by atoms with Crippen LogP contribution in [0.5, 0.6) is 0 Å². The molecule has 3 aromatic rings. The zero-order valence-electron chi connectivity index (χ0n) is 17.0. The summed E-state index contributed by atoms with van der Waals surface area (Å²) in [6, 6.07) is 16.8. The van der Waals surface area contributed by atoms with Gasteiger partial charge in [-0.3, -0.25) is 14.5 Å². The Morgan fingerprint density at radius 2 is 1.97 bits per heavy atom. The van der Waals surface area contributed by atoms with Gasteiger partial charge in [-0.05, 0) is 55.2 Å². The fourth-order valence-corrected chi connectivity index (χ4v) is 4.49. The molecule has 2 atom stereocenters. The van der Waals surface area contributed by atoms with E-state index >= 15 is 0 Å². The number of hydrogen-bond acceptors (Lipinski definition) is 3. The SMILES string of the molecule is CCN1C(=O)C(CC(=O)Nc2ccc3cc[nH]c3c2)N(C(C)c2ccccc2)C1=S. The number of anilines is 1. The van der Waals surface area contributed by atoms with Crippen LogP contribution in [0, 0.1) is 0 Å². The van der Waals surface area contributed by atoms with Crippen LogP contribution in [0.3, 0.4) is 0 Å². The van der Waals surface area contributed by atoms with Gasteiger partial charge in [-0.2, -0.15) is 0 Å². The summed E-state index contributed by atoms with van der Waals surface area (Å²) in [6.07, 6.45) is 1.89. The normalized spacial score (nSPS) is 17.6. The van der Waals surface area contributed by atoms with Crippen molar-refractivity contribution < 1.29 is 9.59 Å². The highest BCUT2D eigenvalue weighted by atomic mass is 32.1. The summed E-state index contributed by atoms with van der Waals surface area (Å²) in [5.41, 5.74) is 2.69. The number of amides is 2. The van der Waals surface area contributed by atoms with Crippen molar-refractivity contribution in [2.24, 2.45) is 0 Å². The average molecular weight is 421 g/mol. The lowest BCUT2D eigenvalue weighted by Gasteiger charge is -2.30. The monoisotopic (exact) mass is 420 g/mol. The summed E-state index contributed by atoms with van der Waals surface area (Å²) in [5, 5.41) is 4.47. The summed E-state index contributed by atoms with van der Waals surface area (Å²) in [7, 11) is 0. The fourth-order valence-electron chi connectivity index (χ4n) is 3.98. The van der Waals surface area contributed by atoms with Crippen LogP contribution in [-0.2, 0) is 9.59 Å². The van der Waals surface area contributed by atoms with E-state index in [1.54, 1.807) is 4.90 Å². The number of H-pyrrole nitrogens is 1. The van der Waals surface area contributed by atoms with Crippen molar-refractivity contribution in [3.8, 4) is 0 Å². The number of carbonyl (C=O) groups excluding carboxylic acids is 2. The number of nitrogens with zero attached hydrogens (tertiary/aromatic N) is 2. The lowest BCUT2D eigenvalue weighted by Crippen LogP contribution is -2.39. The first kappa shape index (κ1) is 20.1. The second kappa shape index (κ2) is 8.28. The second-order valence-electron chi connectivity index (χ2n) is 7.41. The van der Waals surface area contributed by atoms with Crippen molar-refractivity contribution in [3.05, 3.63) is 66.4 Å². The first-order valence-electron chi connectivity index (χ1n) is 10.0. The molecule has 1 aliphatic heterocycles. The number of benzene rings is 2. The molecule has 6 nitrogen and oxygen atoms in total. The van der Waals surface area contributed by atoms with Crippen LogP contribution in [0.25, 0.3) is 10.9 Å². The Balaban J connectivity index is 1.55. The topological polar surface area (TPSA) is 68.4 Å². The molecule has 7 heteroatoms. The summed E-state index contributed by atoms with van der Waals surface area (Å²) < 4.78 is 0. The minimum atomic E-state index is -0.623. The number of thiocarbonyl (C=S) groups is 1. The first-order valence-corrected chi connectivity index (χ1v) is 10.5. The molecule has 0 saturated carbocycles. The number of carbonyl (C=O) groups is 2. The third-order valence-electron chi connectivity index (χ3n) is 5.57. The third-order valence-corrected chi connectivity index (χ3v) is 6.00.